The zero-order valence-corrected chi connectivity index (χ0v) is 7.87. The van der Waals surface area contributed by atoms with Gasteiger partial charge in [0.1, 0.15) is 12.1 Å². The van der Waals surface area contributed by atoms with Crippen molar-refractivity contribution in [3.05, 3.63) is 29.6 Å². The summed E-state index contributed by atoms with van der Waals surface area (Å²) in [5, 5.41) is 0. The smallest absolute Gasteiger partial charge is 0.150 e. The van der Waals surface area contributed by atoms with Gasteiger partial charge in [0.15, 0.2) is 0 Å². The van der Waals surface area contributed by atoms with E-state index in [9.17, 15) is 9.18 Å². The van der Waals surface area contributed by atoms with Crippen LogP contribution in [0, 0.1) is 5.82 Å². The Labute approximate surface area is 82.3 Å². The molecule has 0 atom stereocenters. The normalized spacial score (nSPS) is 15.9. The number of nitrogens with zero attached hydrogens (tertiary/aromatic N) is 1. The molecule has 1 aromatic rings. The fourth-order valence-electron chi connectivity index (χ4n) is 1.82. The SMILES string of the molecule is O=Cc1cc(F)cc(N2CCCC2)c1. The molecule has 0 aliphatic carbocycles. The molecule has 0 aromatic heterocycles. The Kier molecular flexibility index (Phi) is 2.48. The van der Waals surface area contributed by atoms with E-state index in [1.807, 2.05) is 0 Å². The second-order valence-corrected chi connectivity index (χ2v) is 3.55. The molecule has 0 bridgehead atoms. The van der Waals surface area contributed by atoms with Crippen molar-refractivity contribution in [2.24, 2.45) is 0 Å². The van der Waals surface area contributed by atoms with E-state index in [4.69, 9.17) is 0 Å². The predicted octanol–water partition coefficient (Wildman–Crippen LogP) is 2.24. The first-order valence-corrected chi connectivity index (χ1v) is 4.80. The lowest BCUT2D eigenvalue weighted by Crippen LogP contribution is -2.17. The molecule has 1 aromatic carbocycles. The highest BCUT2D eigenvalue weighted by Crippen LogP contribution is 2.22. The predicted molar refractivity (Wildman–Crippen MR) is 53.2 cm³/mol. The molecule has 14 heavy (non-hydrogen) atoms. The van der Waals surface area contributed by atoms with Crippen LogP contribution in [0.1, 0.15) is 23.2 Å². The van der Waals surface area contributed by atoms with Gasteiger partial charge in [-0.2, -0.15) is 0 Å². The Morgan fingerprint density at radius 1 is 1.21 bits per heavy atom. The third-order valence-corrected chi connectivity index (χ3v) is 2.51. The van der Waals surface area contributed by atoms with Crippen LogP contribution < -0.4 is 4.90 Å². The van der Waals surface area contributed by atoms with Gasteiger partial charge in [-0.25, -0.2) is 4.39 Å². The summed E-state index contributed by atoms with van der Waals surface area (Å²) in [4.78, 5) is 12.6. The summed E-state index contributed by atoms with van der Waals surface area (Å²) in [7, 11) is 0. The highest BCUT2D eigenvalue weighted by atomic mass is 19.1. The van der Waals surface area contributed by atoms with E-state index in [2.05, 4.69) is 4.90 Å². The van der Waals surface area contributed by atoms with Gasteiger partial charge in [-0.05, 0) is 31.0 Å². The van der Waals surface area contributed by atoms with Crippen molar-refractivity contribution >= 4 is 12.0 Å². The fraction of sp³-hybridized carbons (Fsp3) is 0.364. The zero-order valence-electron chi connectivity index (χ0n) is 7.87. The van der Waals surface area contributed by atoms with Gasteiger partial charge in [-0.1, -0.05) is 0 Å². The number of anilines is 1. The first kappa shape index (κ1) is 9.19. The molecule has 0 amide bonds. The van der Waals surface area contributed by atoms with E-state index in [1.165, 1.54) is 12.1 Å². The molecule has 0 N–H and O–H groups in total. The third kappa shape index (κ3) is 1.76. The maximum absolute atomic E-state index is 13.1. The van der Waals surface area contributed by atoms with Crippen LogP contribution >= 0.6 is 0 Å². The summed E-state index contributed by atoms with van der Waals surface area (Å²) in [6.45, 7) is 1.92. The average molecular weight is 193 g/mol. The average Bonchev–Trinajstić information content (AvgIpc) is 2.69. The van der Waals surface area contributed by atoms with Gasteiger partial charge in [0.25, 0.3) is 0 Å². The minimum absolute atomic E-state index is 0.337. The van der Waals surface area contributed by atoms with Crippen LogP contribution in [0.2, 0.25) is 0 Å². The van der Waals surface area contributed by atoms with Gasteiger partial charge < -0.3 is 4.90 Å². The van der Waals surface area contributed by atoms with Crippen molar-refractivity contribution < 1.29 is 9.18 Å². The fourth-order valence-corrected chi connectivity index (χ4v) is 1.82. The molecule has 1 aliphatic rings. The molecular weight excluding hydrogens is 181 g/mol. The first-order valence-electron chi connectivity index (χ1n) is 4.80. The van der Waals surface area contributed by atoms with Crippen LogP contribution in [-0.4, -0.2) is 19.4 Å². The molecule has 1 heterocycles. The Morgan fingerprint density at radius 2 is 1.93 bits per heavy atom. The third-order valence-electron chi connectivity index (χ3n) is 2.51. The van der Waals surface area contributed by atoms with E-state index in [-0.39, 0.29) is 5.82 Å². The van der Waals surface area contributed by atoms with Crippen molar-refractivity contribution in [3.8, 4) is 0 Å². The van der Waals surface area contributed by atoms with Gasteiger partial charge in [0, 0.05) is 24.3 Å². The van der Waals surface area contributed by atoms with Crippen LogP contribution in [0.4, 0.5) is 10.1 Å². The zero-order chi connectivity index (χ0) is 9.97. The number of halogens is 1. The number of rotatable bonds is 2. The Morgan fingerprint density at radius 3 is 2.57 bits per heavy atom. The molecule has 0 unspecified atom stereocenters. The van der Waals surface area contributed by atoms with Crippen molar-refractivity contribution in [1.82, 2.24) is 0 Å². The Bertz CT molecular complexity index is 345. The molecule has 74 valence electrons. The van der Waals surface area contributed by atoms with Gasteiger partial charge in [0.2, 0.25) is 0 Å². The van der Waals surface area contributed by atoms with Crippen molar-refractivity contribution in [3.63, 3.8) is 0 Å². The number of aldehydes is 1. The van der Waals surface area contributed by atoms with Crippen molar-refractivity contribution in [1.29, 1.82) is 0 Å². The molecule has 1 aliphatic heterocycles. The largest absolute Gasteiger partial charge is 0.371 e. The quantitative estimate of drug-likeness (QED) is 0.671. The van der Waals surface area contributed by atoms with Crippen molar-refractivity contribution in [2.45, 2.75) is 12.8 Å². The molecule has 1 fully saturated rings. The van der Waals surface area contributed by atoms with E-state index >= 15 is 0 Å². The molecule has 0 radical (unpaired) electrons. The highest BCUT2D eigenvalue weighted by molar-refractivity contribution is 5.77. The van der Waals surface area contributed by atoms with Crippen molar-refractivity contribution in [2.75, 3.05) is 18.0 Å². The highest BCUT2D eigenvalue weighted by Gasteiger charge is 2.13. The molecule has 2 rings (SSSR count). The number of carbonyl (C=O) groups excluding carboxylic acids is 1. The standard InChI is InChI=1S/C11H12FNO/c12-10-5-9(8-14)6-11(7-10)13-3-1-2-4-13/h5-8H,1-4H2. The lowest BCUT2D eigenvalue weighted by atomic mass is 10.2. The van der Waals surface area contributed by atoms with Gasteiger partial charge in [-0.15, -0.1) is 0 Å². The van der Waals surface area contributed by atoms with Gasteiger partial charge in [-0.3, -0.25) is 4.79 Å². The maximum Gasteiger partial charge on any atom is 0.150 e. The molecular formula is C11H12FNO. The van der Waals surface area contributed by atoms with E-state index in [0.29, 0.717) is 11.8 Å². The molecule has 0 saturated carbocycles. The minimum atomic E-state index is -0.337. The second kappa shape index (κ2) is 3.78. The number of hydrogen-bond acceptors (Lipinski definition) is 2. The summed E-state index contributed by atoms with van der Waals surface area (Å²) < 4.78 is 13.1. The maximum atomic E-state index is 13.1. The summed E-state index contributed by atoms with van der Waals surface area (Å²) in [5.41, 5.74) is 1.23. The van der Waals surface area contributed by atoms with Crippen LogP contribution in [0.25, 0.3) is 0 Å². The molecule has 3 heteroatoms. The lowest BCUT2D eigenvalue weighted by Gasteiger charge is -2.17. The molecule has 2 nitrogen and oxygen atoms in total. The summed E-state index contributed by atoms with van der Waals surface area (Å²) in [6, 6.07) is 4.48. The van der Waals surface area contributed by atoms with Crippen LogP contribution in [0.15, 0.2) is 18.2 Å². The molecule has 0 spiro atoms. The topological polar surface area (TPSA) is 20.3 Å². The van der Waals surface area contributed by atoms with Crippen LogP contribution in [-0.2, 0) is 0 Å². The number of benzene rings is 1. The summed E-state index contributed by atoms with van der Waals surface area (Å²) in [5.74, 6) is -0.337. The van der Waals surface area contributed by atoms with Gasteiger partial charge in [0.05, 0.1) is 0 Å². The minimum Gasteiger partial charge on any atom is -0.371 e. The van der Waals surface area contributed by atoms with Gasteiger partial charge >= 0.3 is 0 Å². The second-order valence-electron chi connectivity index (χ2n) is 3.55. The van der Waals surface area contributed by atoms with Crippen LogP contribution in [0.5, 0.6) is 0 Å². The van der Waals surface area contributed by atoms with E-state index in [1.54, 1.807) is 6.07 Å². The number of carbonyl (C=O) groups is 1. The first-order chi connectivity index (χ1) is 6.79. The number of hydrogen-bond donors (Lipinski definition) is 0. The molecule has 1 saturated heterocycles. The Hall–Kier alpha value is -1.38. The van der Waals surface area contributed by atoms with E-state index in [0.717, 1.165) is 31.6 Å². The Balaban J connectivity index is 2.31. The summed E-state index contributed by atoms with van der Waals surface area (Å²) in [6.07, 6.45) is 2.97. The van der Waals surface area contributed by atoms with E-state index < -0.39 is 0 Å². The lowest BCUT2D eigenvalue weighted by molar-refractivity contribution is 0.112. The monoisotopic (exact) mass is 193 g/mol. The van der Waals surface area contributed by atoms with Crippen LogP contribution in [0.3, 0.4) is 0 Å². The summed E-state index contributed by atoms with van der Waals surface area (Å²) >= 11 is 0.